The Balaban J connectivity index is 1.54. The Morgan fingerprint density at radius 3 is 2.45 bits per heavy atom. The van der Waals surface area contributed by atoms with Crippen LogP contribution >= 0.6 is 0 Å². The van der Waals surface area contributed by atoms with Gasteiger partial charge in [-0.05, 0) is 52.0 Å². The van der Waals surface area contributed by atoms with Crippen LogP contribution < -0.4 is 5.32 Å². The van der Waals surface area contributed by atoms with Crippen LogP contribution in [0.1, 0.15) is 39.5 Å². The minimum atomic E-state index is -3.35. The number of rotatable bonds is 5. The molecule has 2 saturated heterocycles. The second-order valence-corrected chi connectivity index (χ2v) is 8.98. The first-order valence-corrected chi connectivity index (χ1v) is 9.98. The molecule has 3 aliphatic rings. The average molecular weight is 331 g/mol. The summed E-state index contributed by atoms with van der Waals surface area (Å²) in [6, 6.07) is 0.403. The molecule has 0 radical (unpaired) electrons. The standard InChI is InChI=1S/C15H29N3O3S/c1-12-11-21-13(2)10-18(12)22(19,20)17-7-5-15(6-8-17)16-9-14-3-4-14/h12-16H,3-11H2,1-2H3/t12-,13-/m1/s1. The molecule has 0 aromatic heterocycles. The maximum Gasteiger partial charge on any atom is 0.282 e. The van der Waals surface area contributed by atoms with Crippen LogP contribution in [0.5, 0.6) is 0 Å². The molecule has 2 atom stereocenters. The van der Waals surface area contributed by atoms with E-state index in [1.165, 1.54) is 12.8 Å². The Bertz CT molecular complexity index is 472. The number of ether oxygens (including phenoxy) is 1. The van der Waals surface area contributed by atoms with Gasteiger partial charge >= 0.3 is 0 Å². The number of hydrogen-bond donors (Lipinski definition) is 1. The summed E-state index contributed by atoms with van der Waals surface area (Å²) >= 11 is 0. The van der Waals surface area contributed by atoms with Gasteiger partial charge in [0, 0.05) is 31.7 Å². The normalized spacial score (nSPS) is 33.2. The van der Waals surface area contributed by atoms with Gasteiger partial charge in [-0.25, -0.2) is 0 Å². The van der Waals surface area contributed by atoms with Crippen molar-refractivity contribution in [1.82, 2.24) is 13.9 Å². The monoisotopic (exact) mass is 331 g/mol. The van der Waals surface area contributed by atoms with E-state index in [-0.39, 0.29) is 12.1 Å². The third kappa shape index (κ3) is 3.82. The maximum atomic E-state index is 12.9. The van der Waals surface area contributed by atoms with Crippen molar-refractivity contribution in [3.05, 3.63) is 0 Å². The fourth-order valence-corrected chi connectivity index (χ4v) is 5.17. The van der Waals surface area contributed by atoms with Crippen molar-refractivity contribution in [2.24, 2.45) is 5.92 Å². The summed E-state index contributed by atoms with van der Waals surface area (Å²) in [5, 5.41) is 3.60. The molecule has 3 rings (SSSR count). The predicted molar refractivity (Wildman–Crippen MR) is 85.8 cm³/mol. The van der Waals surface area contributed by atoms with E-state index in [9.17, 15) is 8.42 Å². The Hall–Kier alpha value is -0.210. The van der Waals surface area contributed by atoms with E-state index in [0.29, 0.717) is 32.3 Å². The highest BCUT2D eigenvalue weighted by Gasteiger charge is 2.38. The van der Waals surface area contributed by atoms with E-state index in [1.807, 2.05) is 13.8 Å². The Kier molecular flexibility index (Phi) is 5.09. The third-order valence-electron chi connectivity index (χ3n) is 5.02. The molecule has 1 aliphatic carbocycles. The van der Waals surface area contributed by atoms with Crippen molar-refractivity contribution in [1.29, 1.82) is 0 Å². The van der Waals surface area contributed by atoms with E-state index in [1.54, 1.807) is 8.61 Å². The molecule has 2 heterocycles. The summed E-state index contributed by atoms with van der Waals surface area (Å²) in [5.74, 6) is 0.873. The zero-order chi connectivity index (χ0) is 15.7. The largest absolute Gasteiger partial charge is 0.375 e. The van der Waals surface area contributed by atoms with Gasteiger partial charge in [0.25, 0.3) is 10.2 Å². The molecular weight excluding hydrogens is 302 g/mol. The molecule has 0 unspecified atom stereocenters. The van der Waals surface area contributed by atoms with Gasteiger partial charge in [-0.2, -0.15) is 17.0 Å². The van der Waals surface area contributed by atoms with Crippen LogP contribution in [0.2, 0.25) is 0 Å². The second-order valence-electron chi connectivity index (χ2n) is 7.10. The van der Waals surface area contributed by atoms with Crippen molar-refractivity contribution in [3.8, 4) is 0 Å². The lowest BCUT2D eigenvalue weighted by atomic mass is 10.1. The first-order valence-electron chi connectivity index (χ1n) is 8.58. The summed E-state index contributed by atoms with van der Waals surface area (Å²) in [4.78, 5) is 0. The molecule has 0 bridgehead atoms. The van der Waals surface area contributed by atoms with Crippen LogP contribution in [0, 0.1) is 5.92 Å². The topological polar surface area (TPSA) is 61.9 Å². The molecule has 3 fully saturated rings. The summed E-state index contributed by atoms with van der Waals surface area (Å²) in [6.07, 6.45) is 4.52. The smallest absolute Gasteiger partial charge is 0.282 e. The Morgan fingerprint density at radius 1 is 1.14 bits per heavy atom. The molecule has 128 valence electrons. The first kappa shape index (κ1) is 16.6. The number of morpholine rings is 1. The number of nitrogens with one attached hydrogen (secondary N) is 1. The molecule has 1 saturated carbocycles. The molecule has 2 aliphatic heterocycles. The molecule has 0 spiro atoms. The highest BCUT2D eigenvalue weighted by Crippen LogP contribution is 2.28. The van der Waals surface area contributed by atoms with Gasteiger partial charge < -0.3 is 10.1 Å². The van der Waals surface area contributed by atoms with E-state index in [0.717, 1.165) is 25.3 Å². The van der Waals surface area contributed by atoms with Crippen molar-refractivity contribution in [2.75, 3.05) is 32.8 Å². The van der Waals surface area contributed by atoms with E-state index in [2.05, 4.69) is 5.32 Å². The molecule has 0 aromatic rings. The van der Waals surface area contributed by atoms with Gasteiger partial charge in [0.05, 0.1) is 12.7 Å². The minimum absolute atomic E-state index is 0.0243. The quantitative estimate of drug-likeness (QED) is 0.810. The van der Waals surface area contributed by atoms with E-state index < -0.39 is 10.2 Å². The van der Waals surface area contributed by atoms with Crippen LogP contribution in [-0.4, -0.2) is 68.0 Å². The summed E-state index contributed by atoms with van der Waals surface area (Å²) in [5.41, 5.74) is 0. The molecular formula is C15H29N3O3S. The van der Waals surface area contributed by atoms with Gasteiger partial charge in [-0.3, -0.25) is 0 Å². The highest BCUT2D eigenvalue weighted by atomic mass is 32.2. The second kappa shape index (κ2) is 6.73. The van der Waals surface area contributed by atoms with Gasteiger partial charge in [-0.15, -0.1) is 0 Å². The molecule has 0 aromatic carbocycles. The molecule has 6 nitrogen and oxygen atoms in total. The zero-order valence-electron chi connectivity index (χ0n) is 13.7. The SMILES string of the molecule is C[C@@H]1CN(S(=O)(=O)N2CCC(NCC3CC3)CC2)[C@H](C)CO1. The van der Waals surface area contributed by atoms with Crippen molar-refractivity contribution in [2.45, 2.75) is 57.7 Å². The Morgan fingerprint density at radius 2 is 1.82 bits per heavy atom. The van der Waals surface area contributed by atoms with Gasteiger partial charge in [0.15, 0.2) is 0 Å². The summed E-state index contributed by atoms with van der Waals surface area (Å²) in [7, 11) is -3.35. The lowest BCUT2D eigenvalue weighted by Gasteiger charge is -2.40. The third-order valence-corrected chi connectivity index (χ3v) is 7.14. The predicted octanol–water partition coefficient (Wildman–Crippen LogP) is 0.804. The lowest BCUT2D eigenvalue weighted by molar-refractivity contribution is -0.0193. The van der Waals surface area contributed by atoms with Crippen molar-refractivity contribution in [3.63, 3.8) is 0 Å². The van der Waals surface area contributed by atoms with E-state index in [4.69, 9.17) is 4.74 Å². The Labute approximate surface area is 134 Å². The molecule has 7 heteroatoms. The summed E-state index contributed by atoms with van der Waals surface area (Å²) in [6.45, 7) is 7.17. The first-order chi connectivity index (χ1) is 10.5. The van der Waals surface area contributed by atoms with Gasteiger partial charge in [0.1, 0.15) is 0 Å². The number of piperidine rings is 1. The van der Waals surface area contributed by atoms with Crippen LogP contribution in [-0.2, 0) is 14.9 Å². The van der Waals surface area contributed by atoms with Crippen LogP contribution in [0.4, 0.5) is 0 Å². The minimum Gasteiger partial charge on any atom is -0.375 e. The van der Waals surface area contributed by atoms with Crippen LogP contribution in [0.25, 0.3) is 0 Å². The fourth-order valence-electron chi connectivity index (χ4n) is 3.29. The molecule has 0 amide bonds. The van der Waals surface area contributed by atoms with Crippen molar-refractivity contribution >= 4 is 10.2 Å². The average Bonchev–Trinajstić information content (AvgIpc) is 3.32. The van der Waals surface area contributed by atoms with Crippen LogP contribution in [0.15, 0.2) is 0 Å². The number of nitrogens with zero attached hydrogens (tertiary/aromatic N) is 2. The van der Waals surface area contributed by atoms with Crippen LogP contribution in [0.3, 0.4) is 0 Å². The van der Waals surface area contributed by atoms with Gasteiger partial charge in [-0.1, -0.05) is 0 Å². The van der Waals surface area contributed by atoms with Gasteiger partial charge in [0.2, 0.25) is 0 Å². The zero-order valence-corrected chi connectivity index (χ0v) is 14.5. The fraction of sp³-hybridized carbons (Fsp3) is 1.00. The maximum absolute atomic E-state index is 12.9. The number of hydrogen-bond acceptors (Lipinski definition) is 4. The highest BCUT2D eigenvalue weighted by molar-refractivity contribution is 7.86. The molecule has 1 N–H and O–H groups in total. The summed E-state index contributed by atoms with van der Waals surface area (Å²) < 4.78 is 34.5. The molecule has 22 heavy (non-hydrogen) atoms. The van der Waals surface area contributed by atoms with E-state index >= 15 is 0 Å². The lowest BCUT2D eigenvalue weighted by Crippen LogP contribution is -2.57. The van der Waals surface area contributed by atoms with Crippen molar-refractivity contribution < 1.29 is 13.2 Å².